The topological polar surface area (TPSA) is 88.0 Å². The van der Waals surface area contributed by atoms with Gasteiger partial charge in [-0.1, -0.05) is 34.1 Å². The summed E-state index contributed by atoms with van der Waals surface area (Å²) in [5.41, 5.74) is 0.360. The van der Waals surface area contributed by atoms with Crippen molar-refractivity contribution in [2.45, 2.75) is 77.8 Å². The standard InChI is InChI=1S/C26H37F2N5O2/c1-5-7-21(31-23(34)12-18-10-19(27)13-20(28)11-18)24(35)32-22-14-33(17-30-22)26(8-6-9-26)16-29-15-25(2,3)4/h10-11,13-14,17,21,29H,5-9,12,15-16H2,1-4H3,(H,31,34)(H,32,35)/t21-/m0/s1. The number of anilines is 1. The lowest BCUT2D eigenvalue weighted by molar-refractivity contribution is -0.126. The Morgan fingerprint density at radius 1 is 1.17 bits per heavy atom. The second kappa shape index (κ2) is 11.3. The molecule has 1 atom stereocenters. The Hall–Kier alpha value is -2.81. The van der Waals surface area contributed by atoms with Gasteiger partial charge in [0.15, 0.2) is 5.82 Å². The molecule has 35 heavy (non-hydrogen) atoms. The van der Waals surface area contributed by atoms with Crippen molar-refractivity contribution in [1.29, 1.82) is 0 Å². The van der Waals surface area contributed by atoms with Crippen molar-refractivity contribution in [2.75, 3.05) is 18.4 Å². The third-order valence-electron chi connectivity index (χ3n) is 6.29. The van der Waals surface area contributed by atoms with Crippen LogP contribution in [0.15, 0.2) is 30.7 Å². The molecule has 1 aliphatic rings. The first-order valence-electron chi connectivity index (χ1n) is 12.3. The Kier molecular flexibility index (Phi) is 8.64. The van der Waals surface area contributed by atoms with Gasteiger partial charge in [0.2, 0.25) is 11.8 Å². The van der Waals surface area contributed by atoms with Crippen LogP contribution in [0.3, 0.4) is 0 Å². The van der Waals surface area contributed by atoms with E-state index in [1.165, 1.54) is 0 Å². The largest absolute Gasteiger partial charge is 0.344 e. The Labute approximate surface area is 206 Å². The van der Waals surface area contributed by atoms with Gasteiger partial charge < -0.3 is 20.5 Å². The van der Waals surface area contributed by atoms with Crippen molar-refractivity contribution >= 4 is 17.6 Å². The van der Waals surface area contributed by atoms with Crippen LogP contribution in [-0.4, -0.2) is 40.5 Å². The van der Waals surface area contributed by atoms with Gasteiger partial charge in [-0.15, -0.1) is 0 Å². The van der Waals surface area contributed by atoms with Crippen molar-refractivity contribution in [2.24, 2.45) is 5.41 Å². The molecule has 1 aromatic carbocycles. The van der Waals surface area contributed by atoms with Crippen LogP contribution in [0.5, 0.6) is 0 Å². The number of rotatable bonds is 11. The zero-order valence-corrected chi connectivity index (χ0v) is 21.1. The van der Waals surface area contributed by atoms with Gasteiger partial charge in [-0.3, -0.25) is 9.59 Å². The summed E-state index contributed by atoms with van der Waals surface area (Å²) in [5.74, 6) is -1.91. The third kappa shape index (κ3) is 7.59. The summed E-state index contributed by atoms with van der Waals surface area (Å²) in [4.78, 5) is 29.8. The van der Waals surface area contributed by atoms with Crippen LogP contribution < -0.4 is 16.0 Å². The first-order valence-corrected chi connectivity index (χ1v) is 12.3. The van der Waals surface area contributed by atoms with Crippen molar-refractivity contribution in [3.63, 3.8) is 0 Å². The van der Waals surface area contributed by atoms with Gasteiger partial charge in [-0.25, -0.2) is 13.8 Å². The minimum Gasteiger partial charge on any atom is -0.344 e. The Morgan fingerprint density at radius 3 is 2.43 bits per heavy atom. The number of carbonyl (C=O) groups excluding carboxylic acids is 2. The zero-order valence-electron chi connectivity index (χ0n) is 21.1. The van der Waals surface area contributed by atoms with Crippen LogP contribution in [0.2, 0.25) is 0 Å². The number of amides is 2. The Bertz CT molecular complexity index is 1010. The van der Waals surface area contributed by atoms with Crippen LogP contribution in [-0.2, 0) is 21.5 Å². The van der Waals surface area contributed by atoms with Gasteiger partial charge >= 0.3 is 0 Å². The number of imidazole rings is 1. The average molecular weight is 490 g/mol. The molecule has 1 heterocycles. The highest BCUT2D eigenvalue weighted by molar-refractivity contribution is 5.96. The molecule has 1 aliphatic carbocycles. The second-order valence-electron chi connectivity index (χ2n) is 10.8. The van der Waals surface area contributed by atoms with Crippen LogP contribution in [0, 0.1) is 17.0 Å². The molecule has 0 radical (unpaired) electrons. The molecule has 0 bridgehead atoms. The summed E-state index contributed by atoms with van der Waals surface area (Å²) >= 11 is 0. The molecule has 192 valence electrons. The molecule has 1 fully saturated rings. The summed E-state index contributed by atoms with van der Waals surface area (Å²) in [5, 5.41) is 9.07. The first kappa shape index (κ1) is 26.8. The fourth-order valence-electron chi connectivity index (χ4n) is 4.34. The normalized spacial score (nSPS) is 15.8. The smallest absolute Gasteiger partial charge is 0.248 e. The number of carbonyl (C=O) groups is 2. The molecule has 9 heteroatoms. The van der Waals surface area contributed by atoms with Gasteiger partial charge in [0.25, 0.3) is 0 Å². The van der Waals surface area contributed by atoms with Gasteiger partial charge in [0, 0.05) is 25.4 Å². The fourth-order valence-corrected chi connectivity index (χ4v) is 4.34. The maximum Gasteiger partial charge on any atom is 0.248 e. The Balaban J connectivity index is 1.60. The lowest BCUT2D eigenvalue weighted by Gasteiger charge is -2.43. The number of aromatic nitrogens is 2. The summed E-state index contributed by atoms with van der Waals surface area (Å²) in [6, 6.07) is 2.19. The van der Waals surface area contributed by atoms with Crippen molar-refractivity contribution < 1.29 is 18.4 Å². The molecule has 7 nitrogen and oxygen atoms in total. The van der Waals surface area contributed by atoms with Crippen LogP contribution in [0.1, 0.15) is 65.4 Å². The summed E-state index contributed by atoms with van der Waals surface area (Å²) in [6.45, 7) is 10.2. The highest BCUT2D eigenvalue weighted by Gasteiger charge is 2.38. The molecule has 3 rings (SSSR count). The maximum atomic E-state index is 13.4. The van der Waals surface area contributed by atoms with Crippen molar-refractivity contribution in [3.05, 3.63) is 47.9 Å². The van der Waals surface area contributed by atoms with E-state index < -0.39 is 23.6 Å². The van der Waals surface area contributed by atoms with E-state index >= 15 is 0 Å². The van der Waals surface area contributed by atoms with Crippen LogP contribution in [0.4, 0.5) is 14.6 Å². The fraction of sp³-hybridized carbons (Fsp3) is 0.577. The van der Waals surface area contributed by atoms with Gasteiger partial charge in [-0.05, 0) is 48.8 Å². The van der Waals surface area contributed by atoms with Crippen LogP contribution >= 0.6 is 0 Å². The van der Waals surface area contributed by atoms with E-state index in [2.05, 4.69) is 46.3 Å². The molecule has 1 aromatic heterocycles. The molecular formula is C26H37F2N5O2. The molecule has 2 amide bonds. The molecular weight excluding hydrogens is 452 g/mol. The zero-order chi connectivity index (χ0) is 25.6. The van der Waals surface area contributed by atoms with Crippen molar-refractivity contribution in [3.8, 4) is 0 Å². The quantitative estimate of drug-likeness (QED) is 0.443. The highest BCUT2D eigenvalue weighted by atomic mass is 19.1. The van der Waals surface area contributed by atoms with Gasteiger partial charge in [-0.2, -0.15) is 0 Å². The van der Waals surface area contributed by atoms with E-state index in [-0.39, 0.29) is 28.8 Å². The van der Waals surface area contributed by atoms with E-state index in [1.807, 2.05) is 13.1 Å². The molecule has 0 spiro atoms. The SMILES string of the molecule is CCC[C@H](NC(=O)Cc1cc(F)cc(F)c1)C(=O)Nc1cn(C2(CNCC(C)(C)C)CCC2)cn1. The predicted octanol–water partition coefficient (Wildman–Crippen LogP) is 4.14. The molecule has 0 unspecified atom stereocenters. The molecule has 0 aliphatic heterocycles. The second-order valence-corrected chi connectivity index (χ2v) is 10.8. The maximum absolute atomic E-state index is 13.4. The summed E-state index contributed by atoms with van der Waals surface area (Å²) in [6.07, 6.45) is 7.71. The van der Waals surface area contributed by atoms with Crippen LogP contribution in [0.25, 0.3) is 0 Å². The number of benzene rings is 1. The Morgan fingerprint density at radius 2 is 1.86 bits per heavy atom. The lowest BCUT2D eigenvalue weighted by Crippen LogP contribution is -2.49. The monoisotopic (exact) mass is 489 g/mol. The lowest BCUT2D eigenvalue weighted by atomic mass is 9.76. The van der Waals surface area contributed by atoms with E-state index in [4.69, 9.17) is 0 Å². The van der Waals surface area contributed by atoms with E-state index in [0.717, 1.165) is 50.6 Å². The minimum atomic E-state index is -0.776. The molecule has 0 saturated heterocycles. The van der Waals surface area contributed by atoms with E-state index in [9.17, 15) is 18.4 Å². The van der Waals surface area contributed by atoms with E-state index in [0.29, 0.717) is 18.7 Å². The van der Waals surface area contributed by atoms with Crippen molar-refractivity contribution in [1.82, 2.24) is 20.2 Å². The molecule has 2 aromatic rings. The van der Waals surface area contributed by atoms with Gasteiger partial charge in [0.05, 0.1) is 18.3 Å². The third-order valence-corrected chi connectivity index (χ3v) is 6.29. The number of hydrogen-bond acceptors (Lipinski definition) is 4. The number of nitrogens with zero attached hydrogens (tertiary/aromatic N) is 2. The summed E-state index contributed by atoms with van der Waals surface area (Å²) in [7, 11) is 0. The number of hydrogen-bond donors (Lipinski definition) is 3. The number of nitrogens with one attached hydrogen (secondary N) is 3. The van der Waals surface area contributed by atoms with Gasteiger partial charge in [0.1, 0.15) is 17.7 Å². The number of halogens is 2. The summed E-state index contributed by atoms with van der Waals surface area (Å²) < 4.78 is 28.9. The average Bonchev–Trinajstić information content (AvgIpc) is 3.16. The molecule has 1 saturated carbocycles. The highest BCUT2D eigenvalue weighted by Crippen LogP contribution is 2.39. The molecule has 3 N–H and O–H groups in total. The first-order chi connectivity index (χ1) is 16.5. The minimum absolute atomic E-state index is 0.0432. The predicted molar refractivity (Wildman–Crippen MR) is 132 cm³/mol. The van der Waals surface area contributed by atoms with E-state index in [1.54, 1.807) is 6.33 Å².